The van der Waals surface area contributed by atoms with Crippen molar-refractivity contribution in [2.45, 2.75) is 12.7 Å². The standard InChI is InChI=1S/C8H8BrF3N2/c9-7-2-5(4-14-13)1-6(3-7)8(10,11)12/h1-3,14H,4,13H2. The molecule has 0 fully saturated rings. The number of hydrogen-bond acceptors (Lipinski definition) is 2. The van der Waals surface area contributed by atoms with E-state index in [1.54, 1.807) is 6.07 Å². The zero-order valence-electron chi connectivity index (χ0n) is 7.03. The lowest BCUT2D eigenvalue weighted by Crippen LogP contribution is -2.21. The Labute approximate surface area is 87.4 Å². The third-order valence-corrected chi connectivity index (χ3v) is 2.05. The largest absolute Gasteiger partial charge is 0.416 e. The van der Waals surface area contributed by atoms with Crippen LogP contribution in [-0.2, 0) is 12.7 Å². The lowest BCUT2D eigenvalue weighted by atomic mass is 10.1. The smallest absolute Gasteiger partial charge is 0.271 e. The quantitative estimate of drug-likeness (QED) is 0.639. The van der Waals surface area contributed by atoms with Gasteiger partial charge in [-0.25, -0.2) is 0 Å². The predicted octanol–water partition coefficient (Wildman–Crippen LogP) is 2.43. The van der Waals surface area contributed by atoms with Gasteiger partial charge in [0.15, 0.2) is 0 Å². The molecule has 1 aromatic rings. The van der Waals surface area contributed by atoms with E-state index in [1.165, 1.54) is 0 Å². The summed E-state index contributed by atoms with van der Waals surface area (Å²) in [6.07, 6.45) is -4.33. The molecule has 0 amide bonds. The molecule has 78 valence electrons. The van der Waals surface area contributed by atoms with Gasteiger partial charge < -0.3 is 0 Å². The molecule has 0 unspecified atom stereocenters. The van der Waals surface area contributed by atoms with Crippen LogP contribution in [0.1, 0.15) is 11.1 Å². The highest BCUT2D eigenvalue weighted by Crippen LogP contribution is 2.31. The molecule has 0 radical (unpaired) electrons. The van der Waals surface area contributed by atoms with Crippen LogP contribution >= 0.6 is 15.9 Å². The van der Waals surface area contributed by atoms with Crippen LogP contribution in [0.5, 0.6) is 0 Å². The van der Waals surface area contributed by atoms with Gasteiger partial charge in [-0.3, -0.25) is 11.3 Å². The molecule has 1 aromatic carbocycles. The lowest BCUT2D eigenvalue weighted by Gasteiger charge is -2.09. The monoisotopic (exact) mass is 268 g/mol. The van der Waals surface area contributed by atoms with Crippen molar-refractivity contribution >= 4 is 15.9 Å². The Morgan fingerprint density at radius 3 is 2.43 bits per heavy atom. The molecule has 0 atom stereocenters. The van der Waals surface area contributed by atoms with Crippen molar-refractivity contribution in [3.63, 3.8) is 0 Å². The Bertz CT molecular complexity index is 325. The summed E-state index contributed by atoms with van der Waals surface area (Å²) < 4.78 is 37.3. The van der Waals surface area contributed by atoms with E-state index in [0.717, 1.165) is 12.1 Å². The Kier molecular flexibility index (Phi) is 3.52. The number of halogens is 4. The minimum atomic E-state index is -4.33. The van der Waals surface area contributed by atoms with Crippen molar-refractivity contribution in [1.29, 1.82) is 0 Å². The topological polar surface area (TPSA) is 38.0 Å². The summed E-state index contributed by atoms with van der Waals surface area (Å²) >= 11 is 3.01. The van der Waals surface area contributed by atoms with E-state index in [2.05, 4.69) is 21.4 Å². The first-order chi connectivity index (χ1) is 6.43. The fraction of sp³-hybridized carbons (Fsp3) is 0.250. The Morgan fingerprint density at radius 1 is 1.29 bits per heavy atom. The van der Waals surface area contributed by atoms with Gasteiger partial charge in [0.05, 0.1) is 5.56 Å². The van der Waals surface area contributed by atoms with E-state index in [4.69, 9.17) is 5.84 Å². The number of hydrogen-bond donors (Lipinski definition) is 2. The van der Waals surface area contributed by atoms with Crippen LogP contribution in [0.25, 0.3) is 0 Å². The summed E-state index contributed by atoms with van der Waals surface area (Å²) in [5.74, 6) is 5.02. The van der Waals surface area contributed by atoms with Crippen molar-refractivity contribution in [3.05, 3.63) is 33.8 Å². The van der Waals surface area contributed by atoms with Gasteiger partial charge in [0.2, 0.25) is 0 Å². The third kappa shape index (κ3) is 2.97. The Morgan fingerprint density at radius 2 is 1.93 bits per heavy atom. The molecule has 0 heterocycles. The molecule has 0 spiro atoms. The van der Waals surface area contributed by atoms with Gasteiger partial charge in [-0.05, 0) is 23.8 Å². The molecular weight excluding hydrogens is 261 g/mol. The van der Waals surface area contributed by atoms with Crippen LogP contribution in [0.2, 0.25) is 0 Å². The van der Waals surface area contributed by atoms with Gasteiger partial charge in [-0.1, -0.05) is 15.9 Å². The molecule has 0 aliphatic heterocycles. The average Bonchev–Trinajstić information content (AvgIpc) is 2.02. The van der Waals surface area contributed by atoms with Crippen molar-refractivity contribution in [1.82, 2.24) is 5.43 Å². The summed E-state index contributed by atoms with van der Waals surface area (Å²) in [6.45, 7) is 0.197. The zero-order chi connectivity index (χ0) is 10.8. The van der Waals surface area contributed by atoms with Gasteiger partial charge in [0, 0.05) is 11.0 Å². The van der Waals surface area contributed by atoms with Crippen LogP contribution in [0.15, 0.2) is 22.7 Å². The lowest BCUT2D eigenvalue weighted by molar-refractivity contribution is -0.137. The molecule has 1 rings (SSSR count). The fourth-order valence-electron chi connectivity index (χ4n) is 1.03. The maximum absolute atomic E-state index is 12.3. The SMILES string of the molecule is NNCc1cc(Br)cc(C(F)(F)F)c1. The second kappa shape index (κ2) is 4.29. The summed E-state index contributed by atoms with van der Waals surface area (Å²) in [4.78, 5) is 0. The fourth-order valence-corrected chi connectivity index (χ4v) is 1.57. The number of nitrogens with one attached hydrogen (secondary N) is 1. The molecule has 0 saturated heterocycles. The maximum atomic E-state index is 12.3. The van der Waals surface area contributed by atoms with E-state index in [9.17, 15) is 13.2 Å². The van der Waals surface area contributed by atoms with E-state index >= 15 is 0 Å². The first-order valence-corrected chi connectivity index (χ1v) is 4.53. The van der Waals surface area contributed by atoms with Crippen molar-refractivity contribution in [2.75, 3.05) is 0 Å². The summed E-state index contributed by atoms with van der Waals surface area (Å²) in [5.41, 5.74) is 2.10. The highest BCUT2D eigenvalue weighted by molar-refractivity contribution is 9.10. The number of hydrazine groups is 1. The Hall–Kier alpha value is -0.590. The molecule has 14 heavy (non-hydrogen) atoms. The van der Waals surface area contributed by atoms with Gasteiger partial charge in [-0.2, -0.15) is 13.2 Å². The van der Waals surface area contributed by atoms with E-state index in [0.29, 0.717) is 10.0 Å². The van der Waals surface area contributed by atoms with E-state index in [-0.39, 0.29) is 6.54 Å². The zero-order valence-corrected chi connectivity index (χ0v) is 8.61. The average molecular weight is 269 g/mol. The van der Waals surface area contributed by atoms with Crippen LogP contribution in [0.4, 0.5) is 13.2 Å². The molecule has 2 nitrogen and oxygen atoms in total. The molecule has 0 aliphatic carbocycles. The molecule has 0 aromatic heterocycles. The van der Waals surface area contributed by atoms with Crippen LogP contribution in [-0.4, -0.2) is 0 Å². The predicted molar refractivity (Wildman–Crippen MR) is 50.2 cm³/mol. The number of rotatable bonds is 2. The first kappa shape index (κ1) is 11.5. The summed E-state index contributed by atoms with van der Waals surface area (Å²) in [7, 11) is 0. The van der Waals surface area contributed by atoms with Crippen LogP contribution < -0.4 is 11.3 Å². The van der Waals surface area contributed by atoms with Gasteiger partial charge in [-0.15, -0.1) is 0 Å². The molecule has 0 aliphatic rings. The normalized spacial score (nSPS) is 11.8. The maximum Gasteiger partial charge on any atom is 0.416 e. The molecular formula is C8H8BrF3N2. The second-order valence-corrected chi connectivity index (χ2v) is 3.64. The van der Waals surface area contributed by atoms with Gasteiger partial charge in [0.1, 0.15) is 0 Å². The highest BCUT2D eigenvalue weighted by Gasteiger charge is 2.30. The Balaban J connectivity index is 3.07. The number of benzene rings is 1. The van der Waals surface area contributed by atoms with E-state index < -0.39 is 11.7 Å². The van der Waals surface area contributed by atoms with Crippen molar-refractivity contribution in [3.8, 4) is 0 Å². The summed E-state index contributed by atoms with van der Waals surface area (Å²) in [6, 6.07) is 3.67. The van der Waals surface area contributed by atoms with Crippen LogP contribution in [0.3, 0.4) is 0 Å². The number of alkyl halides is 3. The molecule has 6 heteroatoms. The first-order valence-electron chi connectivity index (χ1n) is 3.73. The molecule has 0 saturated carbocycles. The van der Waals surface area contributed by atoms with Crippen LogP contribution in [0, 0.1) is 0 Å². The van der Waals surface area contributed by atoms with Gasteiger partial charge in [0.25, 0.3) is 0 Å². The number of nitrogens with two attached hydrogens (primary N) is 1. The van der Waals surface area contributed by atoms with E-state index in [1.807, 2.05) is 0 Å². The van der Waals surface area contributed by atoms with Crippen molar-refractivity contribution in [2.24, 2.45) is 5.84 Å². The minimum absolute atomic E-state index is 0.197. The molecule has 3 N–H and O–H groups in total. The minimum Gasteiger partial charge on any atom is -0.271 e. The second-order valence-electron chi connectivity index (χ2n) is 2.73. The summed E-state index contributed by atoms with van der Waals surface area (Å²) in [5, 5.41) is 0. The highest BCUT2D eigenvalue weighted by atomic mass is 79.9. The third-order valence-electron chi connectivity index (χ3n) is 1.59. The van der Waals surface area contributed by atoms with Crippen molar-refractivity contribution < 1.29 is 13.2 Å². The van der Waals surface area contributed by atoms with Gasteiger partial charge >= 0.3 is 6.18 Å². The molecule has 0 bridgehead atoms.